The molecule has 1 heterocycles. The van der Waals surface area contributed by atoms with E-state index in [1.165, 1.54) is 19.3 Å². The fourth-order valence-electron chi connectivity index (χ4n) is 0.598. The third kappa shape index (κ3) is 1.06. The summed E-state index contributed by atoms with van der Waals surface area (Å²) in [6, 6.07) is 1.30. The fourth-order valence-corrected chi connectivity index (χ4v) is 0.598. The summed E-state index contributed by atoms with van der Waals surface area (Å²) in [4.78, 5) is 0. The van der Waals surface area contributed by atoms with Crippen molar-refractivity contribution in [3.63, 3.8) is 0 Å². The first kappa shape index (κ1) is 6.19. The summed E-state index contributed by atoms with van der Waals surface area (Å²) in [7, 11) is 1.49. The van der Waals surface area contributed by atoms with Crippen LogP contribution in [0.2, 0.25) is 0 Å². The number of aryl methyl sites for hydroxylation is 1. The molecule has 0 saturated carbocycles. The largest absolute Gasteiger partial charge is 0.280 e. The average molecular weight is 132 g/mol. The number of rotatable bonds is 1. The molecule has 0 N–H and O–H groups in total. The summed E-state index contributed by atoms with van der Waals surface area (Å²) in [6.07, 6.45) is -1.07. The van der Waals surface area contributed by atoms with E-state index >= 15 is 0 Å². The highest BCUT2D eigenvalue weighted by molar-refractivity contribution is 5.00. The summed E-state index contributed by atoms with van der Waals surface area (Å²) in [5.41, 5.74) is -0.0463. The Hall–Kier alpha value is -0.930. The molecule has 0 unspecified atom stereocenters. The van der Waals surface area contributed by atoms with Crippen LogP contribution in [-0.2, 0) is 7.05 Å². The van der Waals surface area contributed by atoms with E-state index in [9.17, 15) is 8.78 Å². The van der Waals surface area contributed by atoms with Gasteiger partial charge in [0, 0.05) is 13.2 Å². The Labute approximate surface area is 51.1 Å². The lowest BCUT2D eigenvalue weighted by Crippen LogP contribution is -1.97. The molecule has 1 rings (SSSR count). The number of alkyl halides is 2. The topological polar surface area (TPSA) is 17.8 Å². The molecule has 0 spiro atoms. The molecule has 1 aromatic rings. The molecule has 0 aliphatic carbocycles. The maximum atomic E-state index is 11.8. The Morgan fingerprint density at radius 2 is 2.33 bits per heavy atom. The standard InChI is InChI=1S/C5H6F2N2/c1-9-4(5(6)7)2-3-8-9/h2-3,5H,1H3. The minimum atomic E-state index is -2.42. The Bertz CT molecular complexity index is 195. The highest BCUT2D eigenvalue weighted by atomic mass is 19.3. The van der Waals surface area contributed by atoms with Crippen LogP contribution in [0.25, 0.3) is 0 Å². The van der Waals surface area contributed by atoms with Gasteiger partial charge in [-0.05, 0) is 6.07 Å². The second kappa shape index (κ2) is 2.13. The highest BCUT2D eigenvalue weighted by Crippen LogP contribution is 2.15. The Kier molecular flexibility index (Phi) is 1.46. The minimum absolute atomic E-state index is 0.0463. The van der Waals surface area contributed by atoms with Crippen LogP contribution in [0.3, 0.4) is 0 Å². The normalized spacial score (nSPS) is 10.7. The number of aromatic nitrogens is 2. The van der Waals surface area contributed by atoms with Crippen LogP contribution in [0, 0.1) is 0 Å². The number of hydrogen-bond acceptors (Lipinski definition) is 1. The van der Waals surface area contributed by atoms with Crippen molar-refractivity contribution in [3.05, 3.63) is 18.0 Å². The van der Waals surface area contributed by atoms with Crippen molar-refractivity contribution in [2.24, 2.45) is 7.05 Å². The van der Waals surface area contributed by atoms with Gasteiger partial charge >= 0.3 is 0 Å². The van der Waals surface area contributed by atoms with Gasteiger partial charge in [-0.2, -0.15) is 5.10 Å². The SMILES string of the molecule is Cn1nccc1C(F)F. The van der Waals surface area contributed by atoms with Crippen molar-refractivity contribution in [1.82, 2.24) is 9.78 Å². The molecule has 0 fully saturated rings. The second-order valence-electron chi connectivity index (χ2n) is 1.68. The van der Waals surface area contributed by atoms with Gasteiger partial charge < -0.3 is 0 Å². The quantitative estimate of drug-likeness (QED) is 0.564. The van der Waals surface area contributed by atoms with E-state index in [0.717, 1.165) is 4.68 Å². The second-order valence-corrected chi connectivity index (χ2v) is 1.68. The van der Waals surface area contributed by atoms with Crippen molar-refractivity contribution in [2.45, 2.75) is 6.43 Å². The van der Waals surface area contributed by atoms with E-state index in [0.29, 0.717) is 0 Å². The number of nitrogens with zero attached hydrogens (tertiary/aromatic N) is 2. The van der Waals surface area contributed by atoms with Gasteiger partial charge in [0.2, 0.25) is 0 Å². The van der Waals surface area contributed by atoms with Crippen LogP contribution in [0.5, 0.6) is 0 Å². The molecule has 0 atom stereocenters. The van der Waals surface area contributed by atoms with Crippen LogP contribution in [0.4, 0.5) is 8.78 Å². The van der Waals surface area contributed by atoms with Crippen LogP contribution >= 0.6 is 0 Å². The maximum Gasteiger partial charge on any atom is 0.280 e. The van der Waals surface area contributed by atoms with E-state index in [4.69, 9.17) is 0 Å². The van der Waals surface area contributed by atoms with Crippen LogP contribution in [-0.4, -0.2) is 9.78 Å². The first-order valence-corrected chi connectivity index (χ1v) is 2.48. The fraction of sp³-hybridized carbons (Fsp3) is 0.400. The molecule has 2 nitrogen and oxygen atoms in total. The Morgan fingerprint density at radius 1 is 1.67 bits per heavy atom. The molecule has 50 valence electrons. The van der Waals surface area contributed by atoms with Crippen molar-refractivity contribution in [2.75, 3.05) is 0 Å². The summed E-state index contributed by atoms with van der Waals surface area (Å²) < 4.78 is 24.8. The van der Waals surface area contributed by atoms with E-state index in [-0.39, 0.29) is 5.69 Å². The third-order valence-electron chi connectivity index (χ3n) is 1.08. The smallest absolute Gasteiger partial charge is 0.267 e. The summed E-state index contributed by atoms with van der Waals surface area (Å²) in [5, 5.41) is 3.57. The average Bonchev–Trinajstić information content (AvgIpc) is 2.13. The molecule has 9 heavy (non-hydrogen) atoms. The van der Waals surface area contributed by atoms with Crippen LogP contribution in [0.1, 0.15) is 12.1 Å². The van der Waals surface area contributed by atoms with Gasteiger partial charge in [0.25, 0.3) is 6.43 Å². The van der Waals surface area contributed by atoms with Crippen molar-refractivity contribution in [1.29, 1.82) is 0 Å². The first-order chi connectivity index (χ1) is 4.22. The van der Waals surface area contributed by atoms with Crippen molar-refractivity contribution in [3.8, 4) is 0 Å². The van der Waals surface area contributed by atoms with Gasteiger partial charge in [-0.25, -0.2) is 8.78 Å². The Balaban J connectivity index is 2.94. The van der Waals surface area contributed by atoms with Gasteiger partial charge in [-0.1, -0.05) is 0 Å². The van der Waals surface area contributed by atoms with Crippen LogP contribution in [0.15, 0.2) is 12.3 Å². The monoisotopic (exact) mass is 132 g/mol. The van der Waals surface area contributed by atoms with Gasteiger partial charge in [0.15, 0.2) is 0 Å². The molecule has 4 heteroatoms. The third-order valence-corrected chi connectivity index (χ3v) is 1.08. The lowest BCUT2D eigenvalue weighted by Gasteiger charge is -1.96. The zero-order valence-corrected chi connectivity index (χ0v) is 4.88. The van der Waals surface area contributed by atoms with E-state index in [1.54, 1.807) is 0 Å². The molecule has 1 aromatic heterocycles. The molecule has 0 saturated heterocycles. The van der Waals surface area contributed by atoms with Crippen molar-refractivity contribution >= 4 is 0 Å². The summed E-state index contributed by atoms with van der Waals surface area (Å²) in [5.74, 6) is 0. The van der Waals surface area contributed by atoms with Gasteiger partial charge in [0.05, 0.1) is 0 Å². The van der Waals surface area contributed by atoms with E-state index in [2.05, 4.69) is 5.10 Å². The molecule has 0 aliphatic heterocycles. The molecular weight excluding hydrogens is 126 g/mol. The van der Waals surface area contributed by atoms with Crippen LogP contribution < -0.4 is 0 Å². The lowest BCUT2D eigenvalue weighted by atomic mass is 10.4. The van der Waals surface area contributed by atoms with Gasteiger partial charge in [-0.15, -0.1) is 0 Å². The zero-order valence-electron chi connectivity index (χ0n) is 4.88. The zero-order chi connectivity index (χ0) is 6.85. The van der Waals surface area contributed by atoms with Gasteiger partial charge in [0.1, 0.15) is 5.69 Å². The molecule has 0 amide bonds. The highest BCUT2D eigenvalue weighted by Gasteiger charge is 2.09. The predicted octanol–water partition coefficient (Wildman–Crippen LogP) is 1.36. The summed E-state index contributed by atoms with van der Waals surface area (Å²) >= 11 is 0. The molecule has 0 bridgehead atoms. The number of hydrogen-bond donors (Lipinski definition) is 0. The maximum absolute atomic E-state index is 11.8. The first-order valence-electron chi connectivity index (χ1n) is 2.48. The van der Waals surface area contributed by atoms with E-state index in [1.807, 2.05) is 0 Å². The van der Waals surface area contributed by atoms with Crippen molar-refractivity contribution < 1.29 is 8.78 Å². The Morgan fingerprint density at radius 3 is 2.56 bits per heavy atom. The molecule has 0 aliphatic rings. The lowest BCUT2D eigenvalue weighted by molar-refractivity contribution is 0.141. The van der Waals surface area contributed by atoms with E-state index < -0.39 is 6.43 Å². The number of halogens is 2. The van der Waals surface area contributed by atoms with Gasteiger partial charge in [-0.3, -0.25) is 4.68 Å². The molecule has 0 aromatic carbocycles. The molecule has 0 radical (unpaired) electrons. The summed E-state index contributed by atoms with van der Waals surface area (Å²) in [6.45, 7) is 0. The predicted molar refractivity (Wildman–Crippen MR) is 28.2 cm³/mol. The minimum Gasteiger partial charge on any atom is -0.267 e. The molecular formula is C5H6F2N2.